The Balaban J connectivity index is 2.78. The van der Waals surface area contributed by atoms with Gasteiger partial charge in [-0.15, -0.1) is 0 Å². The lowest BCUT2D eigenvalue weighted by Gasteiger charge is -2.23. The molecule has 2 rings (SSSR count). The molecule has 0 aromatic heterocycles. The van der Waals surface area contributed by atoms with E-state index >= 15 is 0 Å². The number of hydrogen-bond donors (Lipinski definition) is 2. The van der Waals surface area contributed by atoms with E-state index in [0.29, 0.717) is 18.5 Å². The van der Waals surface area contributed by atoms with E-state index in [1.54, 1.807) is 0 Å². The fourth-order valence-corrected chi connectivity index (χ4v) is 2.87. The van der Waals surface area contributed by atoms with Crippen molar-refractivity contribution in [3.63, 3.8) is 0 Å². The van der Waals surface area contributed by atoms with Crippen molar-refractivity contribution >= 4 is 10.0 Å². The highest BCUT2D eigenvalue weighted by Gasteiger charge is 2.40. The number of benzene rings is 1. The average Bonchev–Trinajstić information content (AvgIpc) is 2.24. The average molecular weight is 280 g/mol. The van der Waals surface area contributed by atoms with Crippen LogP contribution in [-0.4, -0.2) is 15.0 Å². The lowest BCUT2D eigenvalue weighted by atomic mass is 9.95. The van der Waals surface area contributed by atoms with Gasteiger partial charge in [-0.2, -0.15) is 13.2 Å². The Hall–Kier alpha value is -1.12. The quantitative estimate of drug-likeness (QED) is 0.806. The number of primary sulfonamides is 1. The summed E-state index contributed by atoms with van der Waals surface area (Å²) in [6.07, 6.45) is -4.31. The van der Waals surface area contributed by atoms with Crippen LogP contribution in [0.1, 0.15) is 16.7 Å². The van der Waals surface area contributed by atoms with Gasteiger partial charge in [0.15, 0.2) is 0 Å². The van der Waals surface area contributed by atoms with Gasteiger partial charge in [-0.05, 0) is 30.2 Å². The number of sulfonamides is 1. The van der Waals surface area contributed by atoms with Crippen LogP contribution in [0.3, 0.4) is 0 Å². The molecular formula is C10H11F3N2O2S. The van der Waals surface area contributed by atoms with E-state index in [0.717, 1.165) is 6.07 Å². The number of hydrogen-bond acceptors (Lipinski definition) is 3. The first-order valence-electron chi connectivity index (χ1n) is 5.17. The van der Waals surface area contributed by atoms with Gasteiger partial charge in [0.25, 0.3) is 0 Å². The summed E-state index contributed by atoms with van der Waals surface area (Å²) in [7, 11) is -4.40. The van der Waals surface area contributed by atoms with Crippen LogP contribution >= 0.6 is 0 Å². The minimum atomic E-state index is -4.74. The highest BCUT2D eigenvalue weighted by atomic mass is 32.2. The second-order valence-corrected chi connectivity index (χ2v) is 5.58. The third-order valence-corrected chi connectivity index (χ3v) is 3.79. The third-order valence-electron chi connectivity index (χ3n) is 2.83. The van der Waals surface area contributed by atoms with E-state index < -0.39 is 26.7 Å². The van der Waals surface area contributed by atoms with Crippen LogP contribution in [0.2, 0.25) is 0 Å². The molecule has 4 nitrogen and oxygen atoms in total. The van der Waals surface area contributed by atoms with E-state index in [-0.39, 0.29) is 12.1 Å². The maximum atomic E-state index is 13.0. The van der Waals surface area contributed by atoms with Gasteiger partial charge in [-0.25, -0.2) is 13.6 Å². The van der Waals surface area contributed by atoms with Gasteiger partial charge < -0.3 is 5.32 Å². The molecule has 1 aromatic rings. The first-order valence-corrected chi connectivity index (χ1v) is 6.71. The Morgan fingerprint density at radius 3 is 2.50 bits per heavy atom. The van der Waals surface area contributed by atoms with Crippen molar-refractivity contribution in [1.29, 1.82) is 0 Å². The molecule has 18 heavy (non-hydrogen) atoms. The molecule has 8 heteroatoms. The maximum absolute atomic E-state index is 13.0. The second-order valence-electron chi connectivity index (χ2n) is 4.05. The smallest absolute Gasteiger partial charge is 0.312 e. The molecule has 0 radical (unpaired) electrons. The predicted molar refractivity (Wildman–Crippen MR) is 58.2 cm³/mol. The number of rotatable bonds is 1. The fourth-order valence-electron chi connectivity index (χ4n) is 2.09. The van der Waals surface area contributed by atoms with Crippen LogP contribution in [0.5, 0.6) is 0 Å². The summed E-state index contributed by atoms with van der Waals surface area (Å²) in [4.78, 5) is -0.863. The first-order chi connectivity index (χ1) is 8.21. The van der Waals surface area contributed by atoms with Crippen molar-refractivity contribution in [2.75, 3.05) is 6.54 Å². The van der Waals surface area contributed by atoms with Crippen LogP contribution in [0.25, 0.3) is 0 Å². The molecule has 100 valence electrons. The van der Waals surface area contributed by atoms with Crippen LogP contribution in [-0.2, 0) is 29.2 Å². The highest BCUT2D eigenvalue weighted by Crippen LogP contribution is 2.38. The molecule has 0 atom stereocenters. The molecule has 3 N–H and O–H groups in total. The summed E-state index contributed by atoms with van der Waals surface area (Å²) in [6.45, 7) is 0.562. The Bertz CT molecular complexity index is 582. The molecule has 1 aliphatic rings. The van der Waals surface area contributed by atoms with Gasteiger partial charge in [0.05, 0.1) is 10.5 Å². The normalized spacial score (nSPS) is 16.4. The number of nitrogens with one attached hydrogen (secondary N) is 1. The zero-order valence-electron chi connectivity index (χ0n) is 9.21. The van der Waals surface area contributed by atoms with Gasteiger partial charge in [-0.3, -0.25) is 0 Å². The molecule has 1 aliphatic heterocycles. The molecule has 0 saturated carbocycles. The molecule has 0 fully saturated rings. The van der Waals surface area contributed by atoms with Crippen molar-refractivity contribution in [2.24, 2.45) is 5.14 Å². The zero-order valence-corrected chi connectivity index (χ0v) is 10.0. The van der Waals surface area contributed by atoms with Gasteiger partial charge >= 0.3 is 6.18 Å². The van der Waals surface area contributed by atoms with Crippen LogP contribution in [0.4, 0.5) is 13.2 Å². The number of fused-ring (bicyclic) bond motifs is 1. The highest BCUT2D eigenvalue weighted by molar-refractivity contribution is 7.89. The number of nitrogens with two attached hydrogens (primary N) is 1. The second kappa shape index (κ2) is 4.22. The SMILES string of the molecule is NS(=O)(=O)c1ccc2c(c1C(F)(F)F)CNCC2. The van der Waals surface area contributed by atoms with E-state index in [2.05, 4.69) is 5.32 Å². The largest absolute Gasteiger partial charge is 0.418 e. The van der Waals surface area contributed by atoms with E-state index in [1.807, 2.05) is 0 Å². The Kier molecular flexibility index (Phi) is 3.12. The molecule has 0 unspecified atom stereocenters. The van der Waals surface area contributed by atoms with Gasteiger partial charge in [0.1, 0.15) is 0 Å². The van der Waals surface area contributed by atoms with Gasteiger partial charge in [-0.1, -0.05) is 6.07 Å². The summed E-state index contributed by atoms with van der Waals surface area (Å²) >= 11 is 0. The lowest BCUT2D eigenvalue weighted by molar-refractivity contribution is -0.140. The Labute approximate surface area is 102 Å². The molecule has 0 spiro atoms. The number of halogens is 3. The van der Waals surface area contributed by atoms with Crippen molar-refractivity contribution in [3.05, 3.63) is 28.8 Å². The van der Waals surface area contributed by atoms with E-state index in [1.165, 1.54) is 6.07 Å². The molecule has 1 heterocycles. The molecule has 0 amide bonds. The van der Waals surface area contributed by atoms with Crippen LogP contribution in [0.15, 0.2) is 17.0 Å². The molecule has 0 aliphatic carbocycles. The van der Waals surface area contributed by atoms with Crippen LogP contribution in [0, 0.1) is 0 Å². The summed E-state index contributed by atoms with van der Waals surface area (Å²) < 4.78 is 61.5. The number of alkyl halides is 3. The molecular weight excluding hydrogens is 269 g/mol. The summed E-state index contributed by atoms with van der Waals surface area (Å²) in [5.74, 6) is 0. The lowest BCUT2D eigenvalue weighted by Crippen LogP contribution is -2.29. The monoisotopic (exact) mass is 280 g/mol. The first kappa shape index (κ1) is 13.3. The Morgan fingerprint density at radius 1 is 1.28 bits per heavy atom. The van der Waals surface area contributed by atoms with E-state index in [9.17, 15) is 21.6 Å². The molecule has 1 aromatic carbocycles. The summed E-state index contributed by atoms with van der Waals surface area (Å²) in [5.41, 5.74) is -0.663. The minimum absolute atomic E-state index is 0.00641. The zero-order chi connectivity index (χ0) is 13.6. The van der Waals surface area contributed by atoms with Crippen LogP contribution < -0.4 is 10.5 Å². The van der Waals surface area contributed by atoms with Gasteiger partial charge in [0.2, 0.25) is 10.0 Å². The third kappa shape index (κ3) is 2.36. The summed E-state index contributed by atoms with van der Waals surface area (Å²) in [5, 5.41) is 7.64. The maximum Gasteiger partial charge on any atom is 0.418 e. The van der Waals surface area contributed by atoms with Crippen molar-refractivity contribution < 1.29 is 21.6 Å². The van der Waals surface area contributed by atoms with Crippen molar-refractivity contribution in [1.82, 2.24) is 5.32 Å². The fraction of sp³-hybridized carbons (Fsp3) is 0.400. The van der Waals surface area contributed by atoms with Crippen molar-refractivity contribution in [3.8, 4) is 0 Å². The standard InChI is InChI=1S/C10H11F3N2O2S/c11-10(12,13)9-7-5-15-4-3-6(7)1-2-8(9)18(14,16)17/h1-2,15H,3-5H2,(H2,14,16,17). The topological polar surface area (TPSA) is 72.2 Å². The van der Waals surface area contributed by atoms with Crippen molar-refractivity contribution in [2.45, 2.75) is 24.0 Å². The van der Waals surface area contributed by atoms with E-state index in [4.69, 9.17) is 5.14 Å². The minimum Gasteiger partial charge on any atom is -0.312 e. The van der Waals surface area contributed by atoms with Gasteiger partial charge in [0, 0.05) is 6.54 Å². The Morgan fingerprint density at radius 2 is 1.94 bits per heavy atom. The molecule has 0 bridgehead atoms. The summed E-state index contributed by atoms with van der Waals surface area (Å²) in [6, 6.07) is 2.33. The predicted octanol–water partition coefficient (Wildman–Crippen LogP) is 0.999. The molecule has 0 saturated heterocycles.